The van der Waals surface area contributed by atoms with Crippen molar-refractivity contribution in [1.29, 1.82) is 0 Å². The van der Waals surface area contributed by atoms with E-state index in [4.69, 9.17) is 6.42 Å². The van der Waals surface area contributed by atoms with E-state index in [1.165, 1.54) is 0 Å². The molecular weight excluding hydrogens is 244 g/mol. The highest BCUT2D eigenvalue weighted by Crippen LogP contribution is 2.33. The number of carbonyl (C=O) groups excluding carboxylic acids is 1. The van der Waals surface area contributed by atoms with E-state index in [-0.39, 0.29) is 5.91 Å². The summed E-state index contributed by atoms with van der Waals surface area (Å²) in [5.41, 5.74) is 0.954. The maximum Gasteiger partial charge on any atom is 0.227 e. The first-order valence-electron chi connectivity index (χ1n) is 6.13. The number of hydrogen-bond donors (Lipinski definition) is 0. The normalized spacial score (nSPS) is 13.8. The molecule has 1 amide bonds. The summed E-state index contributed by atoms with van der Waals surface area (Å²) in [6.45, 7) is 0.775. The first kappa shape index (κ1) is 13.0. The van der Waals surface area contributed by atoms with Gasteiger partial charge in [-0.3, -0.25) is 9.78 Å². The van der Waals surface area contributed by atoms with Gasteiger partial charge in [-0.15, -0.1) is 24.1 Å². The fraction of sp³-hybridized carbons (Fsp3) is 0.429. The molecule has 1 aromatic heterocycles. The van der Waals surface area contributed by atoms with Gasteiger partial charge in [0, 0.05) is 36.2 Å². The van der Waals surface area contributed by atoms with Crippen molar-refractivity contribution in [2.24, 2.45) is 0 Å². The highest BCUT2D eigenvalue weighted by atomic mass is 32.2. The molecule has 18 heavy (non-hydrogen) atoms. The lowest BCUT2D eigenvalue weighted by Crippen LogP contribution is -2.35. The van der Waals surface area contributed by atoms with Gasteiger partial charge in [-0.1, -0.05) is 0 Å². The molecule has 0 bridgehead atoms. The second-order valence-corrected chi connectivity index (χ2v) is 5.29. The molecule has 0 unspecified atom stereocenters. The SMILES string of the molecule is C#CCCCCC(=O)N1CCSc2ccncc21. The molecule has 3 nitrogen and oxygen atoms in total. The maximum absolute atomic E-state index is 12.2. The molecule has 4 heteroatoms. The number of pyridine rings is 1. The Morgan fingerprint density at radius 3 is 3.28 bits per heavy atom. The number of aromatic nitrogens is 1. The van der Waals surface area contributed by atoms with Crippen LogP contribution in [0, 0.1) is 12.3 Å². The van der Waals surface area contributed by atoms with Crippen LogP contribution in [0.5, 0.6) is 0 Å². The Balaban J connectivity index is 1.98. The van der Waals surface area contributed by atoms with Crippen molar-refractivity contribution < 1.29 is 4.79 Å². The van der Waals surface area contributed by atoms with Crippen molar-refractivity contribution in [3.8, 4) is 12.3 Å². The standard InChI is InChI=1S/C14H16N2OS/c1-2-3-4-5-6-14(17)16-9-10-18-13-7-8-15-11-12(13)16/h1,7-8,11H,3-6,9-10H2. The Labute approximate surface area is 112 Å². The lowest BCUT2D eigenvalue weighted by Gasteiger charge is -2.28. The van der Waals surface area contributed by atoms with Crippen LogP contribution < -0.4 is 4.90 Å². The highest BCUT2D eigenvalue weighted by Gasteiger charge is 2.22. The molecule has 94 valence electrons. The van der Waals surface area contributed by atoms with Gasteiger partial charge in [0.15, 0.2) is 0 Å². The number of terminal acetylenes is 1. The molecule has 0 aromatic carbocycles. The van der Waals surface area contributed by atoms with Gasteiger partial charge in [0.25, 0.3) is 0 Å². The summed E-state index contributed by atoms with van der Waals surface area (Å²) in [4.78, 5) is 19.3. The first-order chi connectivity index (χ1) is 8.83. The molecule has 0 fully saturated rings. The molecule has 0 atom stereocenters. The van der Waals surface area contributed by atoms with Gasteiger partial charge in [-0.25, -0.2) is 0 Å². The summed E-state index contributed by atoms with van der Waals surface area (Å²) >= 11 is 1.78. The monoisotopic (exact) mass is 260 g/mol. The minimum Gasteiger partial charge on any atom is -0.309 e. The van der Waals surface area contributed by atoms with E-state index >= 15 is 0 Å². The summed E-state index contributed by atoms with van der Waals surface area (Å²) in [6, 6.07) is 1.97. The van der Waals surface area contributed by atoms with Crippen molar-refractivity contribution in [1.82, 2.24) is 4.98 Å². The van der Waals surface area contributed by atoms with Crippen LogP contribution in [0.25, 0.3) is 0 Å². The third kappa shape index (κ3) is 3.05. The summed E-state index contributed by atoms with van der Waals surface area (Å²) in [7, 11) is 0. The molecule has 2 rings (SSSR count). The zero-order chi connectivity index (χ0) is 12.8. The number of unbranched alkanes of at least 4 members (excludes halogenated alkanes) is 2. The lowest BCUT2D eigenvalue weighted by atomic mass is 10.2. The fourth-order valence-electron chi connectivity index (χ4n) is 1.96. The molecule has 0 saturated heterocycles. The van der Waals surface area contributed by atoms with Crippen LogP contribution in [0.3, 0.4) is 0 Å². The fourth-order valence-corrected chi connectivity index (χ4v) is 2.92. The molecule has 0 aliphatic carbocycles. The van der Waals surface area contributed by atoms with Crippen LogP contribution in [0.4, 0.5) is 5.69 Å². The maximum atomic E-state index is 12.2. The number of anilines is 1. The number of thioether (sulfide) groups is 1. The summed E-state index contributed by atoms with van der Waals surface area (Å²) < 4.78 is 0. The molecule has 1 aliphatic rings. The zero-order valence-corrected chi connectivity index (χ0v) is 11.1. The van der Waals surface area contributed by atoms with Crippen molar-refractivity contribution in [3.63, 3.8) is 0 Å². The van der Waals surface area contributed by atoms with Crippen molar-refractivity contribution in [2.45, 2.75) is 30.6 Å². The number of carbonyl (C=O) groups is 1. The number of nitrogens with zero attached hydrogens (tertiary/aromatic N) is 2. The van der Waals surface area contributed by atoms with Gasteiger partial charge in [0.1, 0.15) is 0 Å². The predicted molar refractivity (Wildman–Crippen MR) is 74.6 cm³/mol. The Kier molecular flexibility index (Phi) is 4.66. The Morgan fingerprint density at radius 2 is 2.44 bits per heavy atom. The van der Waals surface area contributed by atoms with Crippen LogP contribution in [-0.2, 0) is 4.79 Å². The average molecular weight is 260 g/mol. The molecule has 2 heterocycles. The van der Waals surface area contributed by atoms with E-state index in [2.05, 4.69) is 10.9 Å². The smallest absolute Gasteiger partial charge is 0.227 e. The van der Waals surface area contributed by atoms with Crippen LogP contribution in [0.1, 0.15) is 25.7 Å². The highest BCUT2D eigenvalue weighted by molar-refractivity contribution is 7.99. The van der Waals surface area contributed by atoms with Crippen molar-refractivity contribution >= 4 is 23.4 Å². The summed E-state index contributed by atoms with van der Waals surface area (Å²) in [5, 5.41) is 0. The Hall–Kier alpha value is -1.47. The van der Waals surface area contributed by atoms with E-state index in [0.29, 0.717) is 6.42 Å². The van der Waals surface area contributed by atoms with Gasteiger partial charge in [0.2, 0.25) is 5.91 Å². The van der Waals surface area contributed by atoms with E-state index < -0.39 is 0 Å². The molecular formula is C14H16N2OS. The van der Waals surface area contributed by atoms with Gasteiger partial charge in [0.05, 0.1) is 11.9 Å². The Morgan fingerprint density at radius 1 is 1.56 bits per heavy atom. The average Bonchev–Trinajstić information content (AvgIpc) is 2.43. The predicted octanol–water partition coefficient (Wildman–Crippen LogP) is 2.71. The molecule has 0 spiro atoms. The molecule has 0 radical (unpaired) electrons. The second kappa shape index (κ2) is 6.46. The number of fused-ring (bicyclic) bond motifs is 1. The zero-order valence-electron chi connectivity index (χ0n) is 10.3. The van der Waals surface area contributed by atoms with Crippen LogP contribution in [-0.4, -0.2) is 23.2 Å². The summed E-state index contributed by atoms with van der Waals surface area (Å²) in [5.74, 6) is 3.73. The topological polar surface area (TPSA) is 33.2 Å². The van der Waals surface area contributed by atoms with E-state index in [1.54, 1.807) is 24.2 Å². The largest absolute Gasteiger partial charge is 0.309 e. The third-order valence-corrected chi connectivity index (χ3v) is 3.93. The molecule has 0 saturated carbocycles. The van der Waals surface area contributed by atoms with Crippen LogP contribution in [0.2, 0.25) is 0 Å². The molecule has 1 aliphatic heterocycles. The van der Waals surface area contributed by atoms with Gasteiger partial charge >= 0.3 is 0 Å². The van der Waals surface area contributed by atoms with Crippen molar-refractivity contribution in [2.75, 3.05) is 17.2 Å². The number of rotatable bonds is 4. The minimum atomic E-state index is 0.182. The second-order valence-electron chi connectivity index (χ2n) is 4.15. The quantitative estimate of drug-likeness (QED) is 0.616. The third-order valence-electron chi connectivity index (χ3n) is 2.89. The van der Waals surface area contributed by atoms with Crippen LogP contribution >= 0.6 is 11.8 Å². The minimum absolute atomic E-state index is 0.182. The van der Waals surface area contributed by atoms with Crippen LogP contribution in [0.15, 0.2) is 23.4 Å². The van der Waals surface area contributed by atoms with E-state index in [0.717, 1.165) is 42.1 Å². The van der Waals surface area contributed by atoms with Crippen molar-refractivity contribution in [3.05, 3.63) is 18.5 Å². The number of amides is 1. The lowest BCUT2D eigenvalue weighted by molar-refractivity contribution is -0.118. The molecule has 1 aromatic rings. The van der Waals surface area contributed by atoms with Gasteiger partial charge in [-0.2, -0.15) is 0 Å². The summed E-state index contributed by atoms with van der Waals surface area (Å²) in [6.07, 6.45) is 11.9. The first-order valence-corrected chi connectivity index (χ1v) is 7.12. The van der Waals surface area contributed by atoms with Gasteiger partial charge < -0.3 is 4.90 Å². The van der Waals surface area contributed by atoms with E-state index in [1.807, 2.05) is 11.0 Å². The Bertz CT molecular complexity index is 467. The van der Waals surface area contributed by atoms with Gasteiger partial charge in [-0.05, 0) is 18.9 Å². The number of hydrogen-bond acceptors (Lipinski definition) is 3. The van der Waals surface area contributed by atoms with E-state index in [9.17, 15) is 4.79 Å². The molecule has 0 N–H and O–H groups in total.